The molecule has 0 radical (unpaired) electrons. The van der Waals surface area contributed by atoms with Crippen LogP contribution in [0.1, 0.15) is 15.9 Å². The number of thioether (sulfide) groups is 1. The second kappa shape index (κ2) is 10.3. The van der Waals surface area contributed by atoms with E-state index in [1.165, 1.54) is 28.3 Å². The maximum absolute atomic E-state index is 13.5. The fourth-order valence-electron chi connectivity index (χ4n) is 3.32. The first-order valence-corrected chi connectivity index (χ1v) is 12.0. The molecule has 4 aromatic rings. The highest BCUT2D eigenvalue weighted by atomic mass is 35.5. The average Bonchev–Trinajstić information content (AvgIpc) is 2.81. The maximum Gasteiger partial charge on any atom is 0.266 e. The molecule has 1 aromatic heterocycles. The summed E-state index contributed by atoms with van der Waals surface area (Å²) in [6.45, 7) is 0.525. The summed E-state index contributed by atoms with van der Waals surface area (Å²) >= 11 is 12.9. The van der Waals surface area contributed by atoms with E-state index in [9.17, 15) is 14.0 Å². The number of amides is 1. The van der Waals surface area contributed by atoms with Crippen LogP contribution in [0.25, 0.3) is 16.6 Å². The van der Waals surface area contributed by atoms with Gasteiger partial charge in [0.25, 0.3) is 11.5 Å². The molecule has 0 saturated carbocycles. The molecule has 1 heterocycles. The Morgan fingerprint density at radius 2 is 1.91 bits per heavy atom. The number of carbonyl (C=O) groups excluding carboxylic acids is 1. The van der Waals surface area contributed by atoms with Gasteiger partial charge in [0.15, 0.2) is 4.77 Å². The molecule has 4 rings (SSSR count). The number of nitrogens with one attached hydrogen (secondary N) is 2. The van der Waals surface area contributed by atoms with Gasteiger partial charge in [-0.15, -0.1) is 0 Å². The normalized spacial score (nSPS) is 11.0. The lowest BCUT2D eigenvalue weighted by molar-refractivity contribution is 0.0956. The van der Waals surface area contributed by atoms with Gasteiger partial charge < -0.3 is 10.3 Å². The minimum absolute atomic E-state index is 0.108. The quantitative estimate of drug-likeness (QED) is 0.260. The number of aromatic amines is 1. The Hall–Kier alpha value is -2.94. The van der Waals surface area contributed by atoms with E-state index in [4.69, 9.17) is 23.8 Å². The van der Waals surface area contributed by atoms with E-state index in [0.717, 1.165) is 11.5 Å². The number of H-pyrrole nitrogens is 1. The van der Waals surface area contributed by atoms with Crippen molar-refractivity contribution < 1.29 is 9.18 Å². The Bertz CT molecular complexity index is 1440. The van der Waals surface area contributed by atoms with Gasteiger partial charge in [-0.3, -0.25) is 14.2 Å². The van der Waals surface area contributed by atoms with Gasteiger partial charge in [-0.2, -0.15) is 11.8 Å². The third-order valence-corrected chi connectivity index (χ3v) is 6.57. The van der Waals surface area contributed by atoms with Crippen molar-refractivity contribution >= 4 is 52.4 Å². The van der Waals surface area contributed by atoms with Crippen molar-refractivity contribution in [3.8, 4) is 5.69 Å². The Kier molecular flexibility index (Phi) is 7.27. The molecule has 0 atom stereocenters. The molecule has 0 saturated heterocycles. The Labute approximate surface area is 203 Å². The van der Waals surface area contributed by atoms with Crippen molar-refractivity contribution in [2.75, 3.05) is 12.3 Å². The van der Waals surface area contributed by atoms with Gasteiger partial charge in [-0.25, -0.2) is 4.39 Å². The van der Waals surface area contributed by atoms with Crippen LogP contribution in [-0.4, -0.2) is 27.8 Å². The number of carbonyl (C=O) groups is 1. The third kappa shape index (κ3) is 5.35. The van der Waals surface area contributed by atoms with Crippen LogP contribution >= 0.6 is 35.6 Å². The highest BCUT2D eigenvalue weighted by molar-refractivity contribution is 7.98. The van der Waals surface area contributed by atoms with Crippen molar-refractivity contribution in [3.05, 3.63) is 104 Å². The number of rotatable bonds is 7. The number of fused-ring (bicyclic) bond motifs is 1. The third-order valence-electron chi connectivity index (χ3n) is 4.96. The number of benzene rings is 3. The highest BCUT2D eigenvalue weighted by Crippen LogP contribution is 2.19. The van der Waals surface area contributed by atoms with Crippen LogP contribution in [-0.2, 0) is 5.75 Å². The molecule has 0 aliphatic carbocycles. The van der Waals surface area contributed by atoms with Gasteiger partial charge in [0.05, 0.1) is 21.6 Å². The second-order valence-corrected chi connectivity index (χ2v) is 9.12. The number of hydrogen-bond donors (Lipinski definition) is 2. The van der Waals surface area contributed by atoms with Crippen LogP contribution < -0.4 is 10.9 Å². The summed E-state index contributed by atoms with van der Waals surface area (Å²) in [5.74, 6) is 0.848. The van der Waals surface area contributed by atoms with Crippen LogP contribution in [0.5, 0.6) is 0 Å². The summed E-state index contributed by atoms with van der Waals surface area (Å²) in [4.78, 5) is 28.6. The van der Waals surface area contributed by atoms with Crippen LogP contribution in [0.2, 0.25) is 5.02 Å². The molecule has 3 aromatic carbocycles. The SMILES string of the molecule is O=C(NCCSCc1ccccc1)c1ccc2c(=O)n(-c3ccc(F)c(Cl)c3)c(=S)[nH]c2c1. The first-order valence-electron chi connectivity index (χ1n) is 10.1. The van der Waals surface area contributed by atoms with E-state index in [-0.39, 0.29) is 21.3 Å². The molecule has 1 amide bonds. The molecule has 0 aliphatic heterocycles. The fraction of sp³-hybridized carbons (Fsp3) is 0.125. The lowest BCUT2D eigenvalue weighted by Crippen LogP contribution is -2.26. The molecular weight excluding hydrogens is 481 g/mol. The molecule has 0 spiro atoms. The predicted molar refractivity (Wildman–Crippen MR) is 135 cm³/mol. The summed E-state index contributed by atoms with van der Waals surface area (Å²) < 4.78 is 14.9. The number of nitrogens with zero attached hydrogens (tertiary/aromatic N) is 1. The highest BCUT2D eigenvalue weighted by Gasteiger charge is 2.12. The summed E-state index contributed by atoms with van der Waals surface area (Å²) in [7, 11) is 0. The van der Waals surface area contributed by atoms with E-state index in [1.54, 1.807) is 30.0 Å². The lowest BCUT2D eigenvalue weighted by atomic mass is 10.1. The van der Waals surface area contributed by atoms with Gasteiger partial charge in [0.1, 0.15) is 5.82 Å². The standard InChI is InChI=1S/C24H19ClFN3O2S2/c25-19-13-17(7-9-20(19)26)29-23(31)18-8-6-16(12-21(18)28-24(29)32)22(30)27-10-11-33-14-15-4-2-1-3-5-15/h1-9,12-13H,10-11,14H2,(H,27,30)(H,28,32). The summed E-state index contributed by atoms with van der Waals surface area (Å²) in [6.07, 6.45) is 0. The van der Waals surface area contributed by atoms with Gasteiger partial charge in [0, 0.05) is 23.6 Å². The molecule has 2 N–H and O–H groups in total. The lowest BCUT2D eigenvalue weighted by Gasteiger charge is -2.10. The summed E-state index contributed by atoms with van der Waals surface area (Å²) in [5, 5.41) is 3.13. The zero-order valence-electron chi connectivity index (χ0n) is 17.3. The van der Waals surface area contributed by atoms with Crippen molar-refractivity contribution in [3.63, 3.8) is 0 Å². The second-order valence-electron chi connectivity index (χ2n) is 7.22. The van der Waals surface area contributed by atoms with E-state index in [0.29, 0.717) is 28.7 Å². The smallest absolute Gasteiger partial charge is 0.266 e. The van der Waals surface area contributed by atoms with Crippen LogP contribution in [0.15, 0.2) is 71.5 Å². The van der Waals surface area contributed by atoms with Crippen molar-refractivity contribution in [2.45, 2.75) is 5.75 Å². The number of halogens is 2. The van der Waals surface area contributed by atoms with Gasteiger partial charge in [-0.1, -0.05) is 41.9 Å². The largest absolute Gasteiger partial charge is 0.351 e. The van der Waals surface area contributed by atoms with E-state index in [2.05, 4.69) is 22.4 Å². The van der Waals surface area contributed by atoms with E-state index >= 15 is 0 Å². The number of hydrogen-bond acceptors (Lipinski definition) is 4. The van der Waals surface area contributed by atoms with E-state index in [1.807, 2.05) is 18.2 Å². The van der Waals surface area contributed by atoms with Crippen molar-refractivity contribution in [1.29, 1.82) is 0 Å². The minimum Gasteiger partial charge on any atom is -0.351 e. The molecule has 0 fully saturated rings. The fourth-order valence-corrected chi connectivity index (χ4v) is 4.61. The van der Waals surface area contributed by atoms with Crippen LogP contribution in [0.3, 0.4) is 0 Å². The average molecular weight is 500 g/mol. The monoisotopic (exact) mass is 499 g/mol. The molecule has 9 heteroatoms. The number of aromatic nitrogens is 2. The maximum atomic E-state index is 13.5. The molecule has 168 valence electrons. The zero-order valence-corrected chi connectivity index (χ0v) is 19.7. The predicted octanol–water partition coefficient (Wildman–Crippen LogP) is 5.50. The zero-order chi connectivity index (χ0) is 23.4. The molecule has 33 heavy (non-hydrogen) atoms. The minimum atomic E-state index is -0.585. The Morgan fingerprint density at radius 1 is 1.12 bits per heavy atom. The van der Waals surface area contributed by atoms with Crippen LogP contribution in [0, 0.1) is 10.6 Å². The molecule has 0 aliphatic rings. The molecule has 0 unspecified atom stereocenters. The summed E-state index contributed by atoms with van der Waals surface area (Å²) in [5.41, 5.74) is 2.07. The van der Waals surface area contributed by atoms with Gasteiger partial charge in [0.2, 0.25) is 0 Å². The molecule has 5 nitrogen and oxygen atoms in total. The molecule has 0 bridgehead atoms. The van der Waals surface area contributed by atoms with Crippen molar-refractivity contribution in [1.82, 2.24) is 14.9 Å². The van der Waals surface area contributed by atoms with Crippen molar-refractivity contribution in [2.24, 2.45) is 0 Å². The van der Waals surface area contributed by atoms with Gasteiger partial charge >= 0.3 is 0 Å². The first-order chi connectivity index (χ1) is 15.9. The molecular formula is C24H19ClFN3O2S2. The van der Waals surface area contributed by atoms with Crippen LogP contribution in [0.4, 0.5) is 4.39 Å². The van der Waals surface area contributed by atoms with E-state index < -0.39 is 5.82 Å². The first kappa shape index (κ1) is 23.2. The Morgan fingerprint density at radius 3 is 2.67 bits per heavy atom. The summed E-state index contributed by atoms with van der Waals surface area (Å²) in [6, 6.07) is 18.8. The van der Waals surface area contributed by atoms with Gasteiger partial charge in [-0.05, 0) is 54.2 Å². The Balaban J connectivity index is 1.47. The topological polar surface area (TPSA) is 66.9 Å².